The van der Waals surface area contributed by atoms with Gasteiger partial charge in [-0.2, -0.15) is 13.2 Å². The lowest BCUT2D eigenvalue weighted by Crippen LogP contribution is -2.43. The molecular weight excluding hydrogens is 369 g/mol. The molecule has 2 N–H and O–H groups in total. The molecule has 0 aromatic carbocycles. The molecule has 1 saturated carbocycles. The van der Waals surface area contributed by atoms with Gasteiger partial charge in [0.05, 0.1) is 17.9 Å². The normalized spacial score (nSPS) is 22.5. The maximum Gasteiger partial charge on any atom is 0.390 e. The van der Waals surface area contributed by atoms with Gasteiger partial charge in [0.25, 0.3) is 11.5 Å². The van der Waals surface area contributed by atoms with Crippen LogP contribution in [0, 0.1) is 5.41 Å². The molecule has 2 amide bonds. The van der Waals surface area contributed by atoms with E-state index in [-0.39, 0.29) is 44.7 Å². The lowest BCUT2D eigenvalue weighted by Gasteiger charge is -2.27. The Labute approximate surface area is 152 Å². The van der Waals surface area contributed by atoms with Crippen molar-refractivity contribution in [2.75, 3.05) is 26.2 Å². The number of carbonyl (C=O) groups is 2. The van der Waals surface area contributed by atoms with Crippen LogP contribution in [0.15, 0.2) is 10.9 Å². The zero-order valence-corrected chi connectivity index (χ0v) is 14.8. The van der Waals surface area contributed by atoms with Crippen LogP contribution in [0.4, 0.5) is 13.2 Å². The first-order valence-corrected chi connectivity index (χ1v) is 8.60. The Balaban J connectivity index is 1.71. The van der Waals surface area contributed by atoms with Crippen LogP contribution in [0.5, 0.6) is 0 Å². The van der Waals surface area contributed by atoms with Crippen LogP contribution < -0.4 is 5.56 Å². The molecule has 3 rings (SSSR count). The smallest absolute Gasteiger partial charge is 0.389 e. The molecule has 2 fully saturated rings. The molecule has 1 saturated heterocycles. The molecule has 2 aliphatic rings. The van der Waals surface area contributed by atoms with Gasteiger partial charge in [-0.1, -0.05) is 0 Å². The summed E-state index contributed by atoms with van der Waals surface area (Å²) in [5.41, 5.74) is -1.78. The Hall–Kier alpha value is -2.30. The van der Waals surface area contributed by atoms with Crippen LogP contribution in [0.1, 0.15) is 29.8 Å². The standard InChI is InChI=1S/C16H21F3N4O4/c1-21-11(6-12(25)20-21)13(26)22-4-5-23(8-10(24)7-22)14(27)15(2-3-15)9-16(17,18)19/h6,10,24H,2-5,7-9H2,1H3,(H,20,25). The number of nitrogens with one attached hydrogen (secondary N) is 1. The quantitative estimate of drug-likeness (QED) is 0.764. The average molecular weight is 390 g/mol. The number of aliphatic hydroxyl groups is 1. The van der Waals surface area contributed by atoms with Gasteiger partial charge < -0.3 is 14.9 Å². The molecule has 1 aromatic rings. The third-order valence-electron chi connectivity index (χ3n) is 5.05. The molecule has 8 nitrogen and oxygen atoms in total. The lowest BCUT2D eigenvalue weighted by molar-refractivity contribution is -0.163. The number of amides is 2. The van der Waals surface area contributed by atoms with Crippen LogP contribution in [-0.2, 0) is 11.8 Å². The van der Waals surface area contributed by atoms with E-state index in [1.54, 1.807) is 0 Å². The SMILES string of the molecule is Cn1[nH]c(=O)cc1C(=O)N1CCN(C(=O)C2(CC(F)(F)F)CC2)CC(O)C1. The fourth-order valence-electron chi connectivity index (χ4n) is 3.54. The van der Waals surface area contributed by atoms with Gasteiger partial charge in [0.1, 0.15) is 5.69 Å². The highest BCUT2D eigenvalue weighted by molar-refractivity contribution is 5.92. The molecule has 0 spiro atoms. The molecule has 150 valence electrons. The van der Waals surface area contributed by atoms with E-state index in [4.69, 9.17) is 0 Å². The van der Waals surface area contributed by atoms with Gasteiger partial charge in [-0.25, -0.2) is 0 Å². The highest BCUT2D eigenvalue weighted by atomic mass is 19.4. The molecular formula is C16H21F3N4O4. The van der Waals surface area contributed by atoms with Crippen molar-refractivity contribution < 1.29 is 27.9 Å². The van der Waals surface area contributed by atoms with E-state index in [1.807, 2.05) is 0 Å². The summed E-state index contributed by atoms with van der Waals surface area (Å²) in [5.74, 6) is -1.12. The topological polar surface area (TPSA) is 98.6 Å². The summed E-state index contributed by atoms with van der Waals surface area (Å²) in [6, 6.07) is 1.13. The van der Waals surface area contributed by atoms with Crippen molar-refractivity contribution in [3.63, 3.8) is 0 Å². The van der Waals surface area contributed by atoms with Crippen LogP contribution in [0.2, 0.25) is 0 Å². The monoisotopic (exact) mass is 390 g/mol. The van der Waals surface area contributed by atoms with Crippen molar-refractivity contribution in [3.05, 3.63) is 22.1 Å². The Kier molecular flexibility index (Phi) is 4.83. The number of halogens is 3. The number of rotatable bonds is 3. The molecule has 1 atom stereocenters. The largest absolute Gasteiger partial charge is 0.390 e. The summed E-state index contributed by atoms with van der Waals surface area (Å²) in [5, 5.41) is 12.6. The zero-order valence-electron chi connectivity index (χ0n) is 14.8. The molecule has 0 bridgehead atoms. The van der Waals surface area contributed by atoms with Crippen LogP contribution in [-0.4, -0.2) is 75.0 Å². The highest BCUT2D eigenvalue weighted by Gasteiger charge is 2.57. The lowest BCUT2D eigenvalue weighted by atomic mass is 10.00. The number of carbonyl (C=O) groups excluding carboxylic acids is 2. The minimum absolute atomic E-state index is 0.0274. The van der Waals surface area contributed by atoms with Crippen molar-refractivity contribution in [2.24, 2.45) is 12.5 Å². The summed E-state index contributed by atoms with van der Waals surface area (Å²) in [7, 11) is 1.49. The maximum absolute atomic E-state index is 12.8. The van der Waals surface area contributed by atoms with Gasteiger partial charge in [0, 0.05) is 39.3 Å². The Morgan fingerprint density at radius 1 is 1.26 bits per heavy atom. The molecule has 0 radical (unpaired) electrons. The Morgan fingerprint density at radius 2 is 1.85 bits per heavy atom. The van der Waals surface area contributed by atoms with Gasteiger partial charge in [-0.15, -0.1) is 0 Å². The van der Waals surface area contributed by atoms with E-state index in [2.05, 4.69) is 5.10 Å². The maximum atomic E-state index is 12.8. The summed E-state index contributed by atoms with van der Waals surface area (Å²) in [6.45, 7) is -0.120. The first kappa shape index (κ1) is 19.5. The highest BCUT2D eigenvalue weighted by Crippen LogP contribution is 2.54. The number of β-amino-alcohol motifs (C(OH)–C–C–N with tert-alkyl or cyclic N) is 1. The third kappa shape index (κ3) is 4.18. The number of aliphatic hydroxyl groups excluding tert-OH is 1. The predicted octanol–water partition coefficient (Wildman–Crippen LogP) is 0.0913. The van der Waals surface area contributed by atoms with E-state index in [9.17, 15) is 32.7 Å². The van der Waals surface area contributed by atoms with Crippen LogP contribution in [0.3, 0.4) is 0 Å². The second-order valence-corrected chi connectivity index (χ2v) is 7.29. The fourth-order valence-corrected chi connectivity index (χ4v) is 3.54. The number of H-pyrrole nitrogens is 1. The predicted molar refractivity (Wildman–Crippen MR) is 86.9 cm³/mol. The number of nitrogens with zero attached hydrogens (tertiary/aromatic N) is 3. The van der Waals surface area contributed by atoms with E-state index in [0.29, 0.717) is 0 Å². The van der Waals surface area contributed by atoms with E-state index >= 15 is 0 Å². The number of aromatic amines is 1. The number of aromatic nitrogens is 2. The van der Waals surface area contributed by atoms with Crippen molar-refractivity contribution >= 4 is 11.8 Å². The molecule has 11 heteroatoms. The summed E-state index contributed by atoms with van der Waals surface area (Å²) < 4.78 is 39.6. The van der Waals surface area contributed by atoms with Gasteiger partial charge in [0.2, 0.25) is 5.91 Å². The number of aryl methyl sites for hydroxylation is 1. The molecule has 1 aliphatic heterocycles. The van der Waals surface area contributed by atoms with Crippen molar-refractivity contribution in [1.82, 2.24) is 19.6 Å². The van der Waals surface area contributed by atoms with Gasteiger partial charge in [-0.05, 0) is 12.8 Å². The molecule has 1 aliphatic carbocycles. The van der Waals surface area contributed by atoms with Crippen molar-refractivity contribution in [2.45, 2.75) is 31.5 Å². The first-order chi connectivity index (χ1) is 12.5. The third-order valence-corrected chi connectivity index (χ3v) is 5.05. The van der Waals surface area contributed by atoms with Crippen LogP contribution >= 0.6 is 0 Å². The van der Waals surface area contributed by atoms with E-state index in [0.717, 1.165) is 6.07 Å². The summed E-state index contributed by atoms with van der Waals surface area (Å²) >= 11 is 0. The van der Waals surface area contributed by atoms with E-state index in [1.165, 1.54) is 21.5 Å². The molecule has 2 heterocycles. The van der Waals surface area contributed by atoms with Gasteiger partial charge >= 0.3 is 6.18 Å². The van der Waals surface area contributed by atoms with Gasteiger partial charge in [0.15, 0.2) is 0 Å². The molecule has 27 heavy (non-hydrogen) atoms. The van der Waals surface area contributed by atoms with Crippen molar-refractivity contribution in [3.8, 4) is 0 Å². The van der Waals surface area contributed by atoms with Crippen molar-refractivity contribution in [1.29, 1.82) is 0 Å². The summed E-state index contributed by atoms with van der Waals surface area (Å²) in [4.78, 5) is 39.1. The molecule has 1 unspecified atom stereocenters. The Morgan fingerprint density at radius 3 is 2.37 bits per heavy atom. The number of hydrogen-bond acceptors (Lipinski definition) is 4. The second-order valence-electron chi connectivity index (χ2n) is 7.29. The zero-order chi connectivity index (χ0) is 20.0. The molecule has 1 aromatic heterocycles. The van der Waals surface area contributed by atoms with Gasteiger partial charge in [-0.3, -0.25) is 24.2 Å². The van der Waals surface area contributed by atoms with E-state index < -0.39 is 41.5 Å². The number of alkyl halides is 3. The average Bonchev–Trinajstić information content (AvgIpc) is 3.27. The fraction of sp³-hybridized carbons (Fsp3) is 0.688. The summed E-state index contributed by atoms with van der Waals surface area (Å²) in [6.07, 6.45) is -6.34. The van der Waals surface area contributed by atoms with Crippen LogP contribution in [0.25, 0.3) is 0 Å². The minimum Gasteiger partial charge on any atom is -0.389 e. The minimum atomic E-state index is -4.43. The Bertz CT molecular complexity index is 796. The second kappa shape index (κ2) is 6.70. The number of hydrogen-bond donors (Lipinski definition) is 2. The first-order valence-electron chi connectivity index (χ1n) is 8.60.